The van der Waals surface area contributed by atoms with E-state index in [0.717, 1.165) is 25.7 Å². The van der Waals surface area contributed by atoms with Gasteiger partial charge in [0.1, 0.15) is 0 Å². The molecule has 0 saturated heterocycles. The Morgan fingerprint density at radius 1 is 1.00 bits per heavy atom. The Balaban J connectivity index is 1.52. The van der Waals surface area contributed by atoms with E-state index < -0.39 is 7.12 Å². The van der Waals surface area contributed by atoms with Crippen LogP contribution in [0.15, 0.2) is 48.7 Å². The highest BCUT2D eigenvalue weighted by molar-refractivity contribution is 6.59. The van der Waals surface area contributed by atoms with Crippen LogP contribution in [0.25, 0.3) is 0 Å². The zero-order chi connectivity index (χ0) is 16.1. The lowest BCUT2D eigenvalue weighted by Crippen LogP contribution is -2.34. The molecule has 0 amide bonds. The Hall–Kier alpha value is -1.69. The summed E-state index contributed by atoms with van der Waals surface area (Å²) in [7, 11) is -1.50. The van der Waals surface area contributed by atoms with Gasteiger partial charge in [-0.1, -0.05) is 36.4 Å². The van der Waals surface area contributed by atoms with Gasteiger partial charge in [0.25, 0.3) is 0 Å². The van der Waals surface area contributed by atoms with Crippen molar-refractivity contribution in [3.05, 3.63) is 59.9 Å². The molecule has 0 spiro atoms. The molecule has 5 heteroatoms. The van der Waals surface area contributed by atoms with E-state index in [-0.39, 0.29) is 6.10 Å². The van der Waals surface area contributed by atoms with Gasteiger partial charge in [0.05, 0.1) is 18.4 Å². The normalized spacial score (nSPS) is 21.1. The first-order chi connectivity index (χ1) is 11.2. The van der Waals surface area contributed by atoms with Crippen LogP contribution in [-0.4, -0.2) is 28.3 Å². The van der Waals surface area contributed by atoms with E-state index in [2.05, 4.69) is 35.3 Å². The lowest BCUT2D eigenvalue weighted by atomic mass is 9.79. The quantitative estimate of drug-likeness (QED) is 0.829. The first-order valence-corrected chi connectivity index (χ1v) is 8.20. The molecule has 4 nitrogen and oxygen atoms in total. The molecule has 1 saturated carbocycles. The summed E-state index contributed by atoms with van der Waals surface area (Å²) >= 11 is 0. The molecule has 1 fully saturated rings. The first kappa shape index (κ1) is 16.2. The van der Waals surface area contributed by atoms with E-state index >= 15 is 0 Å². The number of ether oxygens (including phenoxy) is 1. The maximum atomic E-state index is 9.36. The van der Waals surface area contributed by atoms with Crippen molar-refractivity contribution in [2.45, 2.75) is 44.3 Å². The first-order valence-electron chi connectivity index (χ1n) is 8.20. The number of rotatable bonds is 5. The van der Waals surface area contributed by atoms with E-state index in [4.69, 9.17) is 4.74 Å². The molecule has 0 radical (unpaired) electrons. The molecule has 1 aliphatic carbocycles. The minimum Gasteiger partial charge on any atom is -0.423 e. The highest BCUT2D eigenvalue weighted by Gasteiger charge is 2.24. The fourth-order valence-corrected chi connectivity index (χ4v) is 3.29. The van der Waals surface area contributed by atoms with Crippen molar-refractivity contribution in [1.29, 1.82) is 0 Å². The van der Waals surface area contributed by atoms with Gasteiger partial charge in [0.2, 0.25) is 0 Å². The van der Waals surface area contributed by atoms with E-state index in [1.165, 1.54) is 5.56 Å². The molecule has 1 heterocycles. The molecule has 1 aromatic heterocycles. The summed E-state index contributed by atoms with van der Waals surface area (Å²) in [4.78, 5) is 4.20. The predicted molar refractivity (Wildman–Crippen MR) is 90.3 cm³/mol. The standard InChI is InChI=1S/C18H22BNO3/c21-19(22)17-7-4-12-20-18(17)13-23-16-10-8-15(9-11-16)14-5-2-1-3-6-14/h1-7,12,15-16,21-22H,8-11,13H2. The van der Waals surface area contributed by atoms with Crippen LogP contribution >= 0.6 is 0 Å². The average molecular weight is 311 g/mol. The second kappa shape index (κ2) is 7.73. The lowest BCUT2D eigenvalue weighted by Gasteiger charge is -2.29. The maximum Gasteiger partial charge on any atom is 0.490 e. The lowest BCUT2D eigenvalue weighted by molar-refractivity contribution is 0.0121. The summed E-state index contributed by atoms with van der Waals surface area (Å²) in [5, 5.41) is 18.7. The minimum absolute atomic E-state index is 0.223. The maximum absolute atomic E-state index is 9.36. The third-order valence-corrected chi connectivity index (χ3v) is 4.60. The van der Waals surface area contributed by atoms with Crippen LogP contribution in [0.3, 0.4) is 0 Å². The average Bonchev–Trinajstić information content (AvgIpc) is 2.61. The monoisotopic (exact) mass is 311 g/mol. The second-order valence-corrected chi connectivity index (χ2v) is 6.11. The molecule has 2 N–H and O–H groups in total. The molecule has 1 aromatic carbocycles. The smallest absolute Gasteiger partial charge is 0.423 e. The van der Waals surface area contributed by atoms with Crippen LogP contribution in [0.1, 0.15) is 42.9 Å². The molecule has 23 heavy (non-hydrogen) atoms. The molecule has 0 unspecified atom stereocenters. The number of aromatic nitrogens is 1. The fraction of sp³-hybridized carbons (Fsp3) is 0.389. The van der Waals surface area contributed by atoms with Gasteiger partial charge in [-0.2, -0.15) is 0 Å². The van der Waals surface area contributed by atoms with Crippen molar-refractivity contribution in [3.8, 4) is 0 Å². The van der Waals surface area contributed by atoms with Crippen LogP contribution in [0.2, 0.25) is 0 Å². The van der Waals surface area contributed by atoms with E-state index in [0.29, 0.717) is 23.7 Å². The van der Waals surface area contributed by atoms with Crippen molar-refractivity contribution in [1.82, 2.24) is 4.98 Å². The van der Waals surface area contributed by atoms with Gasteiger partial charge in [0.15, 0.2) is 0 Å². The molecule has 0 atom stereocenters. The number of hydrogen-bond acceptors (Lipinski definition) is 4. The summed E-state index contributed by atoms with van der Waals surface area (Å²) in [6.07, 6.45) is 6.20. The fourth-order valence-electron chi connectivity index (χ4n) is 3.29. The highest BCUT2D eigenvalue weighted by Crippen LogP contribution is 2.34. The Morgan fingerprint density at radius 3 is 2.43 bits per heavy atom. The molecule has 120 valence electrons. The summed E-state index contributed by atoms with van der Waals surface area (Å²) in [5.41, 5.74) is 2.44. The molecular weight excluding hydrogens is 289 g/mol. The third-order valence-electron chi connectivity index (χ3n) is 4.60. The number of pyridine rings is 1. The zero-order valence-electron chi connectivity index (χ0n) is 13.1. The molecular formula is C18H22BNO3. The van der Waals surface area contributed by atoms with E-state index in [9.17, 15) is 10.0 Å². The molecule has 2 aromatic rings. The van der Waals surface area contributed by atoms with Gasteiger partial charge in [-0.25, -0.2) is 0 Å². The van der Waals surface area contributed by atoms with Crippen LogP contribution in [0, 0.1) is 0 Å². The number of nitrogens with zero attached hydrogens (tertiary/aromatic N) is 1. The summed E-state index contributed by atoms with van der Waals surface area (Å²) in [6, 6.07) is 14.0. The molecule has 3 rings (SSSR count). The van der Waals surface area contributed by atoms with Gasteiger partial charge in [0, 0.05) is 11.7 Å². The van der Waals surface area contributed by atoms with E-state index in [1.54, 1.807) is 18.3 Å². The number of hydrogen-bond donors (Lipinski definition) is 2. The van der Waals surface area contributed by atoms with Crippen LogP contribution < -0.4 is 5.46 Å². The van der Waals surface area contributed by atoms with Crippen LogP contribution in [-0.2, 0) is 11.3 Å². The Kier molecular flexibility index (Phi) is 5.44. The van der Waals surface area contributed by atoms with Gasteiger partial charge in [-0.15, -0.1) is 0 Å². The topological polar surface area (TPSA) is 62.6 Å². The van der Waals surface area contributed by atoms with Crippen molar-refractivity contribution in [2.24, 2.45) is 0 Å². The summed E-state index contributed by atoms with van der Waals surface area (Å²) < 4.78 is 5.96. The van der Waals surface area contributed by atoms with E-state index in [1.807, 2.05) is 0 Å². The van der Waals surface area contributed by atoms with Crippen LogP contribution in [0.4, 0.5) is 0 Å². The Labute approximate surface area is 137 Å². The summed E-state index contributed by atoms with van der Waals surface area (Å²) in [5.74, 6) is 0.626. The highest BCUT2D eigenvalue weighted by atomic mass is 16.5. The van der Waals surface area contributed by atoms with Crippen LogP contribution in [0.5, 0.6) is 0 Å². The third kappa shape index (κ3) is 4.19. The minimum atomic E-state index is -1.50. The molecule has 0 bridgehead atoms. The predicted octanol–water partition coefficient (Wildman–Crippen LogP) is 2.00. The number of benzene rings is 1. The van der Waals surface area contributed by atoms with Gasteiger partial charge < -0.3 is 14.8 Å². The van der Waals surface area contributed by atoms with Gasteiger partial charge in [-0.05, 0) is 43.2 Å². The van der Waals surface area contributed by atoms with Crippen molar-refractivity contribution >= 4 is 12.6 Å². The molecule has 0 aliphatic heterocycles. The second-order valence-electron chi connectivity index (χ2n) is 6.11. The summed E-state index contributed by atoms with van der Waals surface area (Å²) in [6.45, 7) is 0.328. The van der Waals surface area contributed by atoms with Gasteiger partial charge >= 0.3 is 7.12 Å². The Bertz CT molecular complexity index is 613. The van der Waals surface area contributed by atoms with Crippen molar-refractivity contribution in [2.75, 3.05) is 0 Å². The zero-order valence-corrected chi connectivity index (χ0v) is 13.1. The Morgan fingerprint density at radius 2 is 1.74 bits per heavy atom. The SMILES string of the molecule is OB(O)c1cccnc1COC1CCC(c2ccccc2)CC1. The largest absolute Gasteiger partial charge is 0.490 e. The van der Waals surface area contributed by atoms with Gasteiger partial charge in [-0.3, -0.25) is 4.98 Å². The van der Waals surface area contributed by atoms with Crippen molar-refractivity contribution < 1.29 is 14.8 Å². The van der Waals surface area contributed by atoms with Crippen molar-refractivity contribution in [3.63, 3.8) is 0 Å². The molecule has 1 aliphatic rings.